The summed E-state index contributed by atoms with van der Waals surface area (Å²) in [6.45, 7) is 5.43. The van der Waals surface area contributed by atoms with Gasteiger partial charge in [0.05, 0.1) is 10.6 Å². The third-order valence-corrected chi connectivity index (χ3v) is 3.01. The maximum atomic E-state index is 12.3. The molecule has 1 saturated carbocycles. The maximum Gasteiger partial charge on any atom is 0.416 e. The van der Waals surface area contributed by atoms with Crippen LogP contribution in [0.5, 0.6) is 0 Å². The number of pyridine rings is 1. The first-order valence-corrected chi connectivity index (χ1v) is 6.77. The molecule has 1 heterocycles. The van der Waals surface area contributed by atoms with Crippen molar-refractivity contribution < 1.29 is 9.53 Å². The highest BCUT2D eigenvalue weighted by atomic mass is 35.5. The van der Waals surface area contributed by atoms with E-state index in [4.69, 9.17) is 21.6 Å². The lowest BCUT2D eigenvalue weighted by molar-refractivity contribution is 0.0576. The third kappa shape index (κ3) is 3.40. The van der Waals surface area contributed by atoms with Crippen LogP contribution < -0.4 is 4.90 Å². The number of carbonyl (C=O) groups is 1. The van der Waals surface area contributed by atoms with Gasteiger partial charge in [-0.15, -0.1) is 0 Å². The Morgan fingerprint density at radius 1 is 1.55 bits per heavy atom. The summed E-state index contributed by atoms with van der Waals surface area (Å²) in [7, 11) is 0. The van der Waals surface area contributed by atoms with Gasteiger partial charge in [-0.1, -0.05) is 11.6 Å². The number of anilines is 1. The van der Waals surface area contributed by atoms with Gasteiger partial charge in [-0.3, -0.25) is 4.90 Å². The van der Waals surface area contributed by atoms with Crippen LogP contribution in [0.2, 0.25) is 5.02 Å². The van der Waals surface area contributed by atoms with Gasteiger partial charge in [-0.25, -0.2) is 9.78 Å². The smallest absolute Gasteiger partial charge is 0.416 e. The second-order valence-corrected chi connectivity index (χ2v) is 6.12. The molecular formula is C14H16ClN3O2. The predicted molar refractivity (Wildman–Crippen MR) is 75.7 cm³/mol. The van der Waals surface area contributed by atoms with Crippen molar-refractivity contribution in [1.82, 2.24) is 4.98 Å². The Hall–Kier alpha value is -1.80. The number of hydrogen-bond acceptors (Lipinski definition) is 4. The number of rotatable bonds is 2. The van der Waals surface area contributed by atoms with Crippen molar-refractivity contribution in [1.29, 1.82) is 5.26 Å². The van der Waals surface area contributed by atoms with Crippen LogP contribution in [0.4, 0.5) is 10.6 Å². The summed E-state index contributed by atoms with van der Waals surface area (Å²) < 4.78 is 5.39. The maximum absolute atomic E-state index is 12.3. The van der Waals surface area contributed by atoms with Gasteiger partial charge in [0.2, 0.25) is 0 Å². The zero-order valence-corrected chi connectivity index (χ0v) is 12.4. The second kappa shape index (κ2) is 5.29. The van der Waals surface area contributed by atoms with E-state index in [0.29, 0.717) is 11.4 Å². The van der Waals surface area contributed by atoms with Crippen LogP contribution >= 0.6 is 11.6 Å². The standard InChI is InChI=1S/C14H16ClN3O2/c1-14(2,3)20-13(19)18(10-4-5-10)12-6-9(7-16)11(15)8-17-12/h6,8,10H,4-5H2,1-3H3. The number of carbonyl (C=O) groups excluding carboxylic acids is 1. The lowest BCUT2D eigenvalue weighted by atomic mass is 10.2. The van der Waals surface area contributed by atoms with Gasteiger partial charge in [0.1, 0.15) is 17.5 Å². The summed E-state index contributed by atoms with van der Waals surface area (Å²) in [5, 5.41) is 9.28. The molecule has 0 saturated heterocycles. The fourth-order valence-electron chi connectivity index (χ4n) is 1.72. The van der Waals surface area contributed by atoms with Crippen LogP contribution in [-0.2, 0) is 4.74 Å². The number of hydrogen-bond donors (Lipinski definition) is 0. The topological polar surface area (TPSA) is 66.2 Å². The SMILES string of the molecule is CC(C)(C)OC(=O)N(c1cc(C#N)c(Cl)cn1)C1CC1. The average Bonchev–Trinajstić information content (AvgIpc) is 3.13. The van der Waals surface area contributed by atoms with Crippen molar-refractivity contribution in [2.45, 2.75) is 45.3 Å². The summed E-state index contributed by atoms with van der Waals surface area (Å²) >= 11 is 5.86. The molecule has 1 fully saturated rings. The van der Waals surface area contributed by atoms with Crippen molar-refractivity contribution in [2.75, 3.05) is 4.90 Å². The fourth-order valence-corrected chi connectivity index (χ4v) is 1.86. The van der Waals surface area contributed by atoms with Crippen molar-refractivity contribution in [3.63, 3.8) is 0 Å². The van der Waals surface area contributed by atoms with Gasteiger partial charge in [-0.05, 0) is 33.6 Å². The number of amides is 1. The van der Waals surface area contributed by atoms with Gasteiger partial charge in [0, 0.05) is 18.3 Å². The van der Waals surface area contributed by atoms with Crippen LogP contribution in [0.15, 0.2) is 12.3 Å². The summed E-state index contributed by atoms with van der Waals surface area (Å²) in [6.07, 6.45) is 2.75. The molecule has 1 aromatic rings. The van der Waals surface area contributed by atoms with Gasteiger partial charge < -0.3 is 4.74 Å². The Kier molecular flexibility index (Phi) is 3.87. The van der Waals surface area contributed by atoms with E-state index >= 15 is 0 Å². The van der Waals surface area contributed by atoms with E-state index in [-0.39, 0.29) is 11.1 Å². The van der Waals surface area contributed by atoms with Crippen LogP contribution in [0.25, 0.3) is 0 Å². The molecule has 1 aliphatic rings. The molecule has 106 valence electrons. The largest absolute Gasteiger partial charge is 0.443 e. The Bertz CT molecular complexity index is 571. The molecule has 2 rings (SSSR count). The molecule has 0 aliphatic heterocycles. The first-order valence-electron chi connectivity index (χ1n) is 6.39. The zero-order valence-electron chi connectivity index (χ0n) is 11.7. The van der Waals surface area contributed by atoms with E-state index in [1.54, 1.807) is 0 Å². The van der Waals surface area contributed by atoms with E-state index in [9.17, 15) is 4.79 Å². The lowest BCUT2D eigenvalue weighted by Crippen LogP contribution is -2.38. The molecule has 5 nitrogen and oxygen atoms in total. The van der Waals surface area contributed by atoms with E-state index in [1.165, 1.54) is 17.2 Å². The second-order valence-electron chi connectivity index (χ2n) is 5.72. The van der Waals surface area contributed by atoms with E-state index < -0.39 is 11.7 Å². The average molecular weight is 294 g/mol. The molecule has 6 heteroatoms. The predicted octanol–water partition coefficient (Wildman–Crippen LogP) is 3.51. The lowest BCUT2D eigenvalue weighted by Gasteiger charge is -2.26. The number of nitriles is 1. The van der Waals surface area contributed by atoms with Crippen LogP contribution in [0.1, 0.15) is 39.2 Å². The molecule has 1 aromatic heterocycles. The van der Waals surface area contributed by atoms with Crippen molar-refractivity contribution in [2.24, 2.45) is 0 Å². The summed E-state index contributed by atoms with van der Waals surface area (Å²) in [5.74, 6) is 0.405. The Morgan fingerprint density at radius 2 is 2.20 bits per heavy atom. The minimum Gasteiger partial charge on any atom is -0.443 e. The van der Waals surface area contributed by atoms with Crippen molar-refractivity contribution >= 4 is 23.5 Å². The van der Waals surface area contributed by atoms with Crippen LogP contribution in [-0.4, -0.2) is 22.7 Å². The monoisotopic (exact) mass is 293 g/mol. The number of halogens is 1. The van der Waals surface area contributed by atoms with Gasteiger partial charge in [0.25, 0.3) is 0 Å². The summed E-state index contributed by atoms with van der Waals surface area (Å²) in [5.41, 5.74) is -0.278. The van der Waals surface area contributed by atoms with Crippen molar-refractivity contribution in [3.8, 4) is 6.07 Å². The van der Waals surface area contributed by atoms with Gasteiger partial charge >= 0.3 is 6.09 Å². The van der Waals surface area contributed by atoms with Crippen LogP contribution in [0.3, 0.4) is 0 Å². The van der Waals surface area contributed by atoms with Gasteiger partial charge in [0.15, 0.2) is 0 Å². The molecule has 20 heavy (non-hydrogen) atoms. The Balaban J connectivity index is 2.30. The highest BCUT2D eigenvalue weighted by Gasteiger charge is 2.37. The quantitative estimate of drug-likeness (QED) is 0.837. The number of aromatic nitrogens is 1. The summed E-state index contributed by atoms with van der Waals surface area (Å²) in [4.78, 5) is 17.9. The van der Waals surface area contributed by atoms with Crippen molar-refractivity contribution in [3.05, 3.63) is 22.8 Å². The van der Waals surface area contributed by atoms with E-state index in [1.807, 2.05) is 26.8 Å². The molecule has 1 aliphatic carbocycles. The molecule has 0 atom stereocenters. The first-order chi connectivity index (χ1) is 9.31. The minimum atomic E-state index is -0.575. The molecule has 0 spiro atoms. The summed E-state index contributed by atoms with van der Waals surface area (Å²) in [6, 6.07) is 3.59. The number of ether oxygens (including phenoxy) is 1. The number of nitrogens with zero attached hydrogens (tertiary/aromatic N) is 3. The van der Waals surface area contributed by atoms with Crippen LogP contribution in [0, 0.1) is 11.3 Å². The Morgan fingerprint density at radius 3 is 2.70 bits per heavy atom. The normalized spacial score (nSPS) is 14.6. The zero-order chi connectivity index (χ0) is 14.9. The Labute approximate surface area is 123 Å². The van der Waals surface area contributed by atoms with E-state index in [2.05, 4.69) is 4.98 Å². The molecular weight excluding hydrogens is 278 g/mol. The van der Waals surface area contributed by atoms with E-state index in [0.717, 1.165) is 12.8 Å². The third-order valence-electron chi connectivity index (χ3n) is 2.71. The highest BCUT2D eigenvalue weighted by Crippen LogP contribution is 2.33. The van der Waals surface area contributed by atoms with Gasteiger partial charge in [-0.2, -0.15) is 5.26 Å². The fraction of sp³-hybridized carbons (Fsp3) is 0.500. The molecule has 0 N–H and O–H groups in total. The first kappa shape index (κ1) is 14.6. The molecule has 1 amide bonds. The highest BCUT2D eigenvalue weighted by molar-refractivity contribution is 6.31. The molecule has 0 unspecified atom stereocenters. The molecule has 0 radical (unpaired) electrons. The minimum absolute atomic E-state index is 0.0880. The molecule has 0 aromatic carbocycles. The molecule has 0 bridgehead atoms.